The monoisotopic (exact) mass is 424 g/mol. The number of carbonyl (C=O) groups is 1. The van der Waals surface area contributed by atoms with Crippen molar-refractivity contribution in [3.63, 3.8) is 0 Å². The van der Waals surface area contributed by atoms with E-state index < -0.39 is 5.97 Å². The highest BCUT2D eigenvalue weighted by Crippen LogP contribution is 2.40. The first kappa shape index (κ1) is 20.3. The second kappa shape index (κ2) is 8.48. The highest BCUT2D eigenvalue weighted by molar-refractivity contribution is 5.71. The van der Waals surface area contributed by atoms with Gasteiger partial charge in [-0.25, -0.2) is 4.98 Å². The number of piperidine rings is 1. The van der Waals surface area contributed by atoms with Gasteiger partial charge in [0.25, 0.3) is 0 Å². The summed E-state index contributed by atoms with van der Waals surface area (Å²) in [7, 11) is 0. The molecule has 2 aromatic rings. The zero-order valence-corrected chi connectivity index (χ0v) is 18.2. The van der Waals surface area contributed by atoms with Crippen molar-refractivity contribution in [1.82, 2.24) is 20.2 Å². The molecule has 1 saturated heterocycles. The molecule has 8 nitrogen and oxygen atoms in total. The number of H-pyrrole nitrogens is 1. The highest BCUT2D eigenvalue weighted by atomic mass is 16.4. The number of aryl methyl sites for hydroxylation is 1. The maximum atomic E-state index is 11.9. The van der Waals surface area contributed by atoms with Gasteiger partial charge in [-0.3, -0.25) is 9.89 Å². The Kier molecular flexibility index (Phi) is 5.54. The lowest BCUT2D eigenvalue weighted by molar-refractivity contribution is -0.142. The minimum Gasteiger partial charge on any atom is -0.481 e. The highest BCUT2D eigenvalue weighted by Gasteiger charge is 2.37. The zero-order valence-electron chi connectivity index (χ0n) is 18.2. The molecule has 166 valence electrons. The number of hydrogen-bond acceptors (Lipinski definition) is 6. The van der Waals surface area contributed by atoms with Crippen LogP contribution in [-0.4, -0.2) is 44.3 Å². The van der Waals surface area contributed by atoms with Crippen LogP contribution in [0.15, 0.2) is 12.1 Å². The topological polar surface area (TPSA) is 107 Å². The van der Waals surface area contributed by atoms with Crippen molar-refractivity contribution in [2.45, 2.75) is 64.2 Å². The summed E-state index contributed by atoms with van der Waals surface area (Å²) in [6, 6.07) is 3.97. The number of nitrogens with one attached hydrogen (secondary N) is 2. The molecule has 5 rings (SSSR count). The summed E-state index contributed by atoms with van der Waals surface area (Å²) in [5, 5.41) is 20.6. The number of carboxylic acids is 1. The lowest BCUT2D eigenvalue weighted by atomic mass is 9.74. The lowest BCUT2D eigenvalue weighted by Crippen LogP contribution is -2.46. The third-order valence-corrected chi connectivity index (χ3v) is 7.13. The van der Waals surface area contributed by atoms with Crippen LogP contribution in [0.4, 0.5) is 17.6 Å². The average Bonchev–Trinajstić information content (AvgIpc) is 3.53. The molecule has 3 fully saturated rings. The predicted molar refractivity (Wildman–Crippen MR) is 119 cm³/mol. The summed E-state index contributed by atoms with van der Waals surface area (Å²) in [6.07, 6.45) is 9.46. The van der Waals surface area contributed by atoms with Crippen molar-refractivity contribution in [2.24, 2.45) is 17.8 Å². The van der Waals surface area contributed by atoms with E-state index >= 15 is 0 Å². The number of aromatic nitrogens is 4. The van der Waals surface area contributed by atoms with Gasteiger partial charge in [0, 0.05) is 36.8 Å². The number of nitrogens with zero attached hydrogens (tertiary/aromatic N) is 4. The molecule has 2 aromatic heterocycles. The quantitative estimate of drug-likeness (QED) is 0.637. The molecule has 1 aliphatic heterocycles. The summed E-state index contributed by atoms with van der Waals surface area (Å²) in [5.74, 6) is 2.68. The normalized spacial score (nSPS) is 24.9. The van der Waals surface area contributed by atoms with Gasteiger partial charge in [-0.2, -0.15) is 10.1 Å². The summed E-state index contributed by atoms with van der Waals surface area (Å²) in [6.45, 7) is 3.26. The molecular weight excluding hydrogens is 392 g/mol. The minimum absolute atomic E-state index is 0.366. The maximum Gasteiger partial charge on any atom is 0.308 e. The molecule has 2 unspecified atom stereocenters. The van der Waals surface area contributed by atoms with E-state index in [1.807, 2.05) is 13.0 Å². The van der Waals surface area contributed by atoms with E-state index in [4.69, 9.17) is 4.98 Å². The fourth-order valence-corrected chi connectivity index (χ4v) is 5.31. The molecular formula is C23H32N6O2. The smallest absolute Gasteiger partial charge is 0.308 e. The molecule has 3 aliphatic rings. The van der Waals surface area contributed by atoms with E-state index in [2.05, 4.69) is 31.5 Å². The van der Waals surface area contributed by atoms with Crippen LogP contribution in [0.25, 0.3) is 0 Å². The number of rotatable bonds is 6. The molecule has 2 atom stereocenters. The van der Waals surface area contributed by atoms with Crippen LogP contribution < -0.4 is 10.2 Å². The molecule has 31 heavy (non-hydrogen) atoms. The van der Waals surface area contributed by atoms with Crippen molar-refractivity contribution in [1.29, 1.82) is 0 Å². The average molecular weight is 425 g/mol. The Hall–Kier alpha value is -2.64. The predicted octanol–water partition coefficient (Wildman–Crippen LogP) is 4.24. The molecule has 3 heterocycles. The van der Waals surface area contributed by atoms with Crippen LogP contribution in [0.5, 0.6) is 0 Å². The van der Waals surface area contributed by atoms with Crippen molar-refractivity contribution >= 4 is 23.6 Å². The van der Waals surface area contributed by atoms with Crippen molar-refractivity contribution in [2.75, 3.05) is 23.3 Å². The van der Waals surface area contributed by atoms with Gasteiger partial charge in [0.2, 0.25) is 5.95 Å². The number of aliphatic carboxylic acids is 1. The second-order valence-electron chi connectivity index (χ2n) is 9.63. The first-order valence-corrected chi connectivity index (χ1v) is 11.7. The molecule has 0 spiro atoms. The molecule has 0 aromatic carbocycles. The standard InChI is InChI=1S/C23H32N6O2/c1-14-9-20(25-21-11-19(27-28-21)16-7-8-16)26-23(24-14)29-12-17(10-18(13-29)22(30)31)15-5-3-2-4-6-15/h9,11,15-18H,2-8,10,12-13H2,1H3,(H,30,31)(H2,24,25,26,27,28). The van der Waals surface area contributed by atoms with Gasteiger partial charge in [0.1, 0.15) is 11.6 Å². The fraction of sp³-hybridized carbons (Fsp3) is 0.652. The van der Waals surface area contributed by atoms with Crippen LogP contribution >= 0.6 is 0 Å². The van der Waals surface area contributed by atoms with E-state index in [0.29, 0.717) is 36.1 Å². The Morgan fingerprint density at radius 2 is 1.90 bits per heavy atom. The molecule has 8 heteroatoms. The summed E-state index contributed by atoms with van der Waals surface area (Å²) < 4.78 is 0. The van der Waals surface area contributed by atoms with Crippen molar-refractivity contribution < 1.29 is 9.90 Å². The van der Waals surface area contributed by atoms with Gasteiger partial charge >= 0.3 is 5.97 Å². The molecule has 0 amide bonds. The molecule has 2 aliphatic carbocycles. The summed E-state index contributed by atoms with van der Waals surface area (Å²) in [5.41, 5.74) is 1.96. The van der Waals surface area contributed by atoms with E-state index in [9.17, 15) is 9.90 Å². The lowest BCUT2D eigenvalue weighted by Gasteiger charge is -2.41. The van der Waals surface area contributed by atoms with E-state index in [0.717, 1.165) is 30.2 Å². The van der Waals surface area contributed by atoms with Gasteiger partial charge in [0.15, 0.2) is 0 Å². The first-order chi connectivity index (χ1) is 15.0. The Morgan fingerprint density at radius 1 is 1.10 bits per heavy atom. The summed E-state index contributed by atoms with van der Waals surface area (Å²) in [4.78, 5) is 23.4. The second-order valence-corrected chi connectivity index (χ2v) is 9.63. The first-order valence-electron chi connectivity index (χ1n) is 11.7. The summed E-state index contributed by atoms with van der Waals surface area (Å²) >= 11 is 0. The molecule has 2 saturated carbocycles. The number of anilines is 3. The Morgan fingerprint density at radius 3 is 2.65 bits per heavy atom. The fourth-order valence-electron chi connectivity index (χ4n) is 5.31. The van der Waals surface area contributed by atoms with Crippen LogP contribution in [0.1, 0.15) is 68.7 Å². The molecule has 3 N–H and O–H groups in total. The Bertz CT molecular complexity index is 934. The Labute approximate surface area is 182 Å². The van der Waals surface area contributed by atoms with E-state index in [1.165, 1.54) is 44.9 Å². The maximum absolute atomic E-state index is 11.9. The van der Waals surface area contributed by atoms with Gasteiger partial charge in [-0.15, -0.1) is 0 Å². The zero-order chi connectivity index (χ0) is 21.4. The van der Waals surface area contributed by atoms with Crippen LogP contribution in [0.2, 0.25) is 0 Å². The van der Waals surface area contributed by atoms with Crippen molar-refractivity contribution in [3.8, 4) is 0 Å². The van der Waals surface area contributed by atoms with Crippen LogP contribution in [0.3, 0.4) is 0 Å². The van der Waals surface area contributed by atoms with E-state index in [1.54, 1.807) is 0 Å². The molecule has 0 radical (unpaired) electrons. The van der Waals surface area contributed by atoms with Gasteiger partial charge in [-0.05, 0) is 38.0 Å². The van der Waals surface area contributed by atoms with Crippen molar-refractivity contribution in [3.05, 3.63) is 23.5 Å². The minimum atomic E-state index is -0.707. The number of aromatic amines is 1. The third-order valence-electron chi connectivity index (χ3n) is 7.13. The van der Waals surface area contributed by atoms with E-state index in [-0.39, 0.29) is 5.92 Å². The van der Waals surface area contributed by atoms with Crippen LogP contribution in [0, 0.1) is 24.7 Å². The molecule has 0 bridgehead atoms. The van der Waals surface area contributed by atoms with Gasteiger partial charge in [-0.1, -0.05) is 32.1 Å². The number of carboxylic acid groups (broad SMARTS) is 1. The largest absolute Gasteiger partial charge is 0.481 e. The van der Waals surface area contributed by atoms with Crippen LogP contribution in [-0.2, 0) is 4.79 Å². The number of hydrogen-bond donors (Lipinski definition) is 3. The Balaban J connectivity index is 1.35. The van der Waals surface area contributed by atoms with Gasteiger partial charge < -0.3 is 15.3 Å². The van der Waals surface area contributed by atoms with Gasteiger partial charge in [0.05, 0.1) is 11.6 Å². The third kappa shape index (κ3) is 4.67. The SMILES string of the molecule is Cc1cc(Nc2cc(C3CC3)n[nH]2)nc(N2CC(C(=O)O)CC(C3CCCCC3)C2)n1.